The van der Waals surface area contributed by atoms with Gasteiger partial charge in [0.1, 0.15) is 0 Å². The molecule has 0 unspecified atom stereocenters. The van der Waals surface area contributed by atoms with Gasteiger partial charge in [-0.3, -0.25) is 15.6 Å². The van der Waals surface area contributed by atoms with Crippen molar-refractivity contribution in [2.45, 2.75) is 13.3 Å². The van der Waals surface area contributed by atoms with Crippen molar-refractivity contribution in [3.63, 3.8) is 0 Å². The number of aryl methyl sites for hydroxylation is 1. The lowest BCUT2D eigenvalue weighted by Crippen LogP contribution is -2.51. The van der Waals surface area contributed by atoms with E-state index in [0.717, 1.165) is 60.7 Å². The Morgan fingerprint density at radius 2 is 1.69 bits per heavy atom. The summed E-state index contributed by atoms with van der Waals surface area (Å²) >= 11 is 6.54. The Hall–Kier alpha value is -3.72. The van der Waals surface area contributed by atoms with Crippen LogP contribution < -0.4 is 21.7 Å². The third-order valence-corrected chi connectivity index (χ3v) is 6.86. The van der Waals surface area contributed by atoms with Crippen molar-refractivity contribution < 1.29 is 4.79 Å². The van der Waals surface area contributed by atoms with Crippen LogP contribution in [0, 0.1) is 17.7 Å². The molecule has 2 aromatic rings. The molecule has 0 bridgehead atoms. The first-order valence-electron chi connectivity index (χ1n) is 11.6. The molecule has 0 aliphatic carbocycles. The fourth-order valence-electron chi connectivity index (χ4n) is 4.53. The molecule has 1 saturated heterocycles. The van der Waals surface area contributed by atoms with Crippen LogP contribution in [-0.4, -0.2) is 66.9 Å². The monoisotopic (exact) mass is 494 g/mol. The Labute approximate surface area is 210 Å². The van der Waals surface area contributed by atoms with E-state index in [1.807, 2.05) is 42.2 Å². The number of benzene rings is 2. The zero-order valence-corrected chi connectivity index (χ0v) is 20.5. The number of rotatable bonds is 4. The lowest BCUT2D eigenvalue weighted by atomic mass is 9.98. The van der Waals surface area contributed by atoms with Gasteiger partial charge in [-0.1, -0.05) is 23.7 Å². The summed E-state index contributed by atoms with van der Waals surface area (Å²) in [6.45, 7) is 6.29. The molecule has 2 aromatic carbocycles. The summed E-state index contributed by atoms with van der Waals surface area (Å²) in [5.74, 6) is -0.0408. The smallest absolute Gasteiger partial charge is 0.255 e. The van der Waals surface area contributed by atoms with Crippen LogP contribution in [0.15, 0.2) is 42.5 Å². The van der Waals surface area contributed by atoms with Crippen molar-refractivity contribution in [2.75, 3.05) is 49.5 Å². The van der Waals surface area contributed by atoms with Gasteiger partial charge in [-0.05, 0) is 60.4 Å². The summed E-state index contributed by atoms with van der Waals surface area (Å²) in [4.78, 5) is 18.8. The van der Waals surface area contributed by atoms with Crippen molar-refractivity contribution >= 4 is 46.4 Å². The van der Waals surface area contributed by atoms with Gasteiger partial charge in [0.25, 0.3) is 5.91 Å². The van der Waals surface area contributed by atoms with Crippen LogP contribution in [0.25, 0.3) is 5.57 Å². The average Bonchev–Trinajstić information content (AvgIpc) is 2.84. The molecule has 7 N–H and O–H groups in total. The number of anilines is 2. The lowest BCUT2D eigenvalue weighted by Gasteiger charge is -2.37. The Morgan fingerprint density at radius 3 is 2.26 bits per heavy atom. The SMILES string of the molecule is Cc1cc(NC(=O)c2ccc(C3=CCN(C(=N)N)CC3)c(Cl)c2)ccc1N1CCN(C(=N)N)CC1. The molecule has 9 nitrogen and oxygen atoms in total. The van der Waals surface area contributed by atoms with Crippen molar-refractivity contribution in [3.05, 3.63) is 64.2 Å². The van der Waals surface area contributed by atoms with Crippen molar-refractivity contribution in [1.82, 2.24) is 9.80 Å². The maximum Gasteiger partial charge on any atom is 0.255 e. The summed E-state index contributed by atoms with van der Waals surface area (Å²) in [6, 6.07) is 11.2. The maximum atomic E-state index is 12.9. The van der Waals surface area contributed by atoms with Crippen molar-refractivity contribution in [2.24, 2.45) is 11.5 Å². The average molecular weight is 495 g/mol. The Kier molecular flexibility index (Phi) is 7.16. The van der Waals surface area contributed by atoms with Gasteiger partial charge in [0.15, 0.2) is 11.9 Å². The molecule has 35 heavy (non-hydrogen) atoms. The minimum atomic E-state index is -0.221. The molecule has 0 aromatic heterocycles. The Balaban J connectivity index is 1.41. The number of carbonyl (C=O) groups is 1. The largest absolute Gasteiger partial charge is 0.370 e. The van der Waals surface area contributed by atoms with Gasteiger partial charge >= 0.3 is 0 Å². The van der Waals surface area contributed by atoms with Crippen molar-refractivity contribution in [1.29, 1.82) is 10.8 Å². The predicted molar refractivity (Wildman–Crippen MR) is 142 cm³/mol. The van der Waals surface area contributed by atoms with E-state index in [4.69, 9.17) is 33.9 Å². The van der Waals surface area contributed by atoms with E-state index in [1.54, 1.807) is 17.0 Å². The zero-order chi connectivity index (χ0) is 25.1. The van der Waals surface area contributed by atoms with Gasteiger partial charge in [0, 0.05) is 61.2 Å². The van der Waals surface area contributed by atoms with Gasteiger partial charge < -0.3 is 31.5 Å². The molecule has 4 rings (SSSR count). The summed E-state index contributed by atoms with van der Waals surface area (Å²) in [7, 11) is 0. The molecular weight excluding hydrogens is 464 g/mol. The molecule has 0 radical (unpaired) electrons. The van der Waals surface area contributed by atoms with E-state index in [0.29, 0.717) is 23.7 Å². The molecule has 0 atom stereocenters. The summed E-state index contributed by atoms with van der Waals surface area (Å²) in [5, 5.41) is 18.6. The van der Waals surface area contributed by atoms with E-state index in [9.17, 15) is 4.79 Å². The molecule has 1 amide bonds. The highest BCUT2D eigenvalue weighted by atomic mass is 35.5. The number of nitrogens with one attached hydrogen (secondary N) is 3. The quantitative estimate of drug-likeness (QED) is 0.327. The summed E-state index contributed by atoms with van der Waals surface area (Å²) in [5.41, 5.74) is 16.5. The first-order valence-corrected chi connectivity index (χ1v) is 11.9. The highest BCUT2D eigenvalue weighted by molar-refractivity contribution is 6.32. The normalized spacial score (nSPS) is 16.1. The highest BCUT2D eigenvalue weighted by Crippen LogP contribution is 2.30. The van der Waals surface area contributed by atoms with Gasteiger partial charge in [0.05, 0.1) is 0 Å². The second-order valence-electron chi connectivity index (χ2n) is 8.82. The van der Waals surface area contributed by atoms with Gasteiger partial charge in [0.2, 0.25) is 0 Å². The fraction of sp³-hybridized carbons (Fsp3) is 0.320. The van der Waals surface area contributed by atoms with Crippen LogP contribution in [0.1, 0.15) is 27.9 Å². The molecule has 0 spiro atoms. The molecule has 2 aliphatic rings. The van der Waals surface area contributed by atoms with E-state index < -0.39 is 0 Å². The number of carbonyl (C=O) groups excluding carboxylic acids is 1. The van der Waals surface area contributed by atoms with Crippen molar-refractivity contribution in [3.8, 4) is 0 Å². The molecule has 184 valence electrons. The predicted octanol–water partition coefficient (Wildman–Crippen LogP) is 2.90. The number of hydrogen-bond donors (Lipinski definition) is 5. The topological polar surface area (TPSA) is 139 Å². The maximum absolute atomic E-state index is 12.9. The minimum Gasteiger partial charge on any atom is -0.370 e. The van der Waals surface area contributed by atoms with E-state index in [-0.39, 0.29) is 17.8 Å². The number of nitrogens with two attached hydrogens (primary N) is 2. The second kappa shape index (κ2) is 10.3. The van der Waals surface area contributed by atoms with E-state index >= 15 is 0 Å². The zero-order valence-electron chi connectivity index (χ0n) is 19.8. The molecular formula is C25H31ClN8O. The molecule has 2 heterocycles. The van der Waals surface area contributed by atoms with Gasteiger partial charge in [-0.25, -0.2) is 0 Å². The third-order valence-electron chi connectivity index (χ3n) is 6.54. The number of piperazine rings is 1. The van der Waals surface area contributed by atoms with Crippen LogP contribution in [0.5, 0.6) is 0 Å². The number of halogens is 1. The standard InChI is InChI=1S/C25H31ClN8O/c1-16-14-19(3-5-22(16)32-10-12-34(13-11-32)25(29)30)31-23(35)18-2-4-20(21(26)15-18)17-6-8-33(9-7-17)24(27)28/h2-6,14-15H,7-13H2,1H3,(H3,27,28)(H3,29,30)(H,31,35). The summed E-state index contributed by atoms with van der Waals surface area (Å²) < 4.78 is 0. The minimum absolute atomic E-state index is 0.0669. The number of amides is 1. The number of nitrogens with zero attached hydrogens (tertiary/aromatic N) is 3. The second-order valence-corrected chi connectivity index (χ2v) is 9.23. The summed E-state index contributed by atoms with van der Waals surface area (Å²) in [6.07, 6.45) is 2.76. The van der Waals surface area contributed by atoms with Gasteiger partial charge in [-0.15, -0.1) is 0 Å². The van der Waals surface area contributed by atoms with E-state index in [2.05, 4.69) is 10.2 Å². The van der Waals surface area contributed by atoms with E-state index in [1.165, 1.54) is 0 Å². The van der Waals surface area contributed by atoms with Crippen LogP contribution in [-0.2, 0) is 0 Å². The number of guanidine groups is 2. The fourth-order valence-corrected chi connectivity index (χ4v) is 4.83. The Morgan fingerprint density at radius 1 is 0.971 bits per heavy atom. The molecule has 2 aliphatic heterocycles. The number of hydrogen-bond acceptors (Lipinski definition) is 4. The Bertz CT molecular complexity index is 1190. The van der Waals surface area contributed by atoms with Crippen LogP contribution in [0.4, 0.5) is 11.4 Å². The highest BCUT2D eigenvalue weighted by Gasteiger charge is 2.20. The lowest BCUT2D eigenvalue weighted by molar-refractivity contribution is 0.102. The van der Waals surface area contributed by atoms with Crippen LogP contribution >= 0.6 is 11.6 Å². The molecule has 10 heteroatoms. The molecule has 0 saturated carbocycles. The van der Waals surface area contributed by atoms with Crippen LogP contribution in [0.3, 0.4) is 0 Å². The third kappa shape index (κ3) is 5.51. The first kappa shape index (κ1) is 24.4. The first-order chi connectivity index (χ1) is 16.7. The van der Waals surface area contributed by atoms with Gasteiger partial charge in [-0.2, -0.15) is 0 Å². The van der Waals surface area contributed by atoms with Crippen LogP contribution in [0.2, 0.25) is 5.02 Å². The molecule has 1 fully saturated rings.